The number of nitrogens with zero attached hydrogens (tertiary/aromatic N) is 1. The predicted molar refractivity (Wildman–Crippen MR) is 145 cm³/mol. The number of carbonyl (C=O) groups excluding carboxylic acids is 3. The molecule has 0 aromatic heterocycles. The molecule has 1 aromatic rings. The number of amides is 1. The number of thioether (sulfide) groups is 1. The monoisotopic (exact) mass is 597 g/mol. The van der Waals surface area contributed by atoms with Crippen LogP contribution in [0.5, 0.6) is 0 Å². The van der Waals surface area contributed by atoms with Crippen LogP contribution in [0.4, 0.5) is 13.2 Å². The van der Waals surface area contributed by atoms with Gasteiger partial charge in [0.25, 0.3) is 5.91 Å². The van der Waals surface area contributed by atoms with Crippen LogP contribution in [0.25, 0.3) is 0 Å². The van der Waals surface area contributed by atoms with Gasteiger partial charge < -0.3 is 30.6 Å². The zero-order valence-electron chi connectivity index (χ0n) is 22.5. The quantitative estimate of drug-likeness (QED) is 0.215. The Morgan fingerprint density at radius 1 is 1.27 bits per heavy atom. The van der Waals surface area contributed by atoms with E-state index in [1.54, 1.807) is 6.92 Å². The van der Waals surface area contributed by atoms with Crippen molar-refractivity contribution >= 4 is 36.2 Å². The standard InChI is InChI=1S/C27H34F3N5O5S/c1-16-22(41-24(32-16)17-6-8-18(9-7-17)27(28,29)30)23(38)33-20(14-36)5-3-11-35-10-2-4-19(34-35)13-31-26(15-37)12-21(26)25(39)40/h6-9,14-15,19-21,24,31-32,34H,2-5,10-13H2,1H3,(H,33,38)(H,39,40)/t19-,20?,21?,24?,26?/m0/s1. The van der Waals surface area contributed by atoms with Crippen LogP contribution in [0.1, 0.15) is 55.5 Å². The lowest BCUT2D eigenvalue weighted by atomic mass is 10.1. The summed E-state index contributed by atoms with van der Waals surface area (Å²) in [5, 5.41) is 19.8. The van der Waals surface area contributed by atoms with Gasteiger partial charge in [0.15, 0.2) is 0 Å². The number of hydrogen-bond donors (Lipinski definition) is 5. The molecule has 0 spiro atoms. The first-order valence-corrected chi connectivity index (χ1v) is 14.4. The molecule has 3 aliphatic rings. The number of alkyl halides is 3. The minimum atomic E-state index is -4.43. The average molecular weight is 598 g/mol. The second-order valence-electron chi connectivity index (χ2n) is 10.7. The molecule has 2 heterocycles. The molecule has 1 saturated heterocycles. The summed E-state index contributed by atoms with van der Waals surface area (Å²) in [4.78, 5) is 47.6. The highest BCUT2D eigenvalue weighted by Crippen LogP contribution is 2.42. The molecule has 1 amide bonds. The van der Waals surface area contributed by atoms with Crippen LogP contribution in [0.2, 0.25) is 0 Å². The fourth-order valence-corrected chi connectivity index (χ4v) is 6.30. The highest BCUT2D eigenvalue weighted by atomic mass is 32.2. The van der Waals surface area contributed by atoms with Gasteiger partial charge in [0.1, 0.15) is 17.9 Å². The second kappa shape index (κ2) is 12.9. The van der Waals surface area contributed by atoms with Gasteiger partial charge in [0.05, 0.1) is 28.0 Å². The highest BCUT2D eigenvalue weighted by molar-refractivity contribution is 8.04. The van der Waals surface area contributed by atoms with E-state index >= 15 is 0 Å². The maximum atomic E-state index is 12.9. The normalized spacial score (nSPS) is 27.2. The van der Waals surface area contributed by atoms with Gasteiger partial charge in [-0.2, -0.15) is 13.2 Å². The maximum Gasteiger partial charge on any atom is 0.416 e. The molecule has 41 heavy (non-hydrogen) atoms. The fraction of sp³-hybridized carbons (Fsp3) is 0.556. The number of hydrogen-bond acceptors (Lipinski definition) is 9. The summed E-state index contributed by atoms with van der Waals surface area (Å²) in [7, 11) is 0. The van der Waals surface area contributed by atoms with Gasteiger partial charge in [0.2, 0.25) is 0 Å². The topological polar surface area (TPSA) is 140 Å². The number of halogens is 3. The molecule has 2 aliphatic heterocycles. The second-order valence-corrected chi connectivity index (χ2v) is 11.8. The zero-order chi connectivity index (χ0) is 29.8. The van der Waals surface area contributed by atoms with Crippen LogP contribution in [-0.2, 0) is 25.4 Å². The van der Waals surface area contributed by atoms with Crippen LogP contribution in [0, 0.1) is 5.92 Å². The summed E-state index contributed by atoms with van der Waals surface area (Å²) >= 11 is 1.19. The Balaban J connectivity index is 1.20. The third-order valence-electron chi connectivity index (χ3n) is 7.63. The lowest BCUT2D eigenvalue weighted by Crippen LogP contribution is -2.55. The number of carbonyl (C=O) groups is 4. The number of carboxylic acids is 1. The van der Waals surface area contributed by atoms with Crippen molar-refractivity contribution in [3.8, 4) is 0 Å². The predicted octanol–water partition coefficient (Wildman–Crippen LogP) is 2.34. The molecular formula is C27H34F3N5O5S. The van der Waals surface area contributed by atoms with E-state index < -0.39 is 46.5 Å². The molecule has 0 radical (unpaired) electrons. The Morgan fingerprint density at radius 3 is 2.61 bits per heavy atom. The van der Waals surface area contributed by atoms with E-state index in [0.29, 0.717) is 61.1 Å². The number of aliphatic carboxylic acids is 1. The molecule has 14 heteroatoms. The van der Waals surface area contributed by atoms with Gasteiger partial charge in [0, 0.05) is 31.4 Å². The van der Waals surface area contributed by atoms with E-state index in [1.165, 1.54) is 23.9 Å². The van der Waals surface area contributed by atoms with Crippen molar-refractivity contribution < 1.29 is 37.5 Å². The molecule has 0 bridgehead atoms. The van der Waals surface area contributed by atoms with Crippen LogP contribution in [-0.4, -0.2) is 71.8 Å². The summed E-state index contributed by atoms with van der Waals surface area (Å²) in [6, 6.07) is 4.11. The van der Waals surface area contributed by atoms with Crippen LogP contribution in [0.3, 0.4) is 0 Å². The van der Waals surface area contributed by atoms with Crippen LogP contribution >= 0.6 is 11.8 Å². The number of hydrazine groups is 1. The van der Waals surface area contributed by atoms with E-state index in [9.17, 15) is 32.3 Å². The Hall–Kier alpha value is -2.94. The summed E-state index contributed by atoms with van der Waals surface area (Å²) < 4.78 is 38.6. The fourth-order valence-electron chi connectivity index (χ4n) is 5.14. The lowest BCUT2D eigenvalue weighted by molar-refractivity contribution is -0.140. The van der Waals surface area contributed by atoms with E-state index in [1.807, 2.05) is 5.01 Å². The SMILES string of the molecule is CC1=C(C(=O)NC(C=O)CCCN2CCC[C@@H](CNC3(C=O)CC3C(=O)O)N2)SC(c2ccc(C(F)(F)F)cc2)N1. The third kappa shape index (κ3) is 7.67. The third-order valence-corrected chi connectivity index (χ3v) is 8.98. The summed E-state index contributed by atoms with van der Waals surface area (Å²) in [5.41, 5.74) is 2.84. The number of allylic oxidation sites excluding steroid dienone is 1. The largest absolute Gasteiger partial charge is 0.481 e. The van der Waals surface area contributed by atoms with Crippen molar-refractivity contribution in [2.24, 2.45) is 5.92 Å². The number of nitrogens with one attached hydrogen (secondary N) is 4. The molecule has 5 atom stereocenters. The molecule has 224 valence electrons. The van der Waals surface area contributed by atoms with Crippen molar-refractivity contribution in [3.05, 3.63) is 46.0 Å². The Morgan fingerprint density at radius 2 is 2.00 bits per heavy atom. The first-order valence-electron chi connectivity index (χ1n) is 13.5. The summed E-state index contributed by atoms with van der Waals surface area (Å²) in [6.07, 6.45) is 0.0705. The molecule has 1 aliphatic carbocycles. The van der Waals surface area contributed by atoms with Gasteiger partial charge in [-0.05, 0) is 56.7 Å². The molecular weight excluding hydrogens is 563 g/mol. The van der Waals surface area contributed by atoms with Gasteiger partial charge in [-0.25, -0.2) is 5.01 Å². The van der Waals surface area contributed by atoms with E-state index in [-0.39, 0.29) is 6.04 Å². The number of benzene rings is 1. The summed E-state index contributed by atoms with van der Waals surface area (Å²) in [5.74, 6) is -2.09. The molecule has 10 nitrogen and oxygen atoms in total. The van der Waals surface area contributed by atoms with E-state index in [2.05, 4.69) is 21.4 Å². The minimum absolute atomic E-state index is 0.0385. The van der Waals surface area contributed by atoms with Crippen molar-refractivity contribution in [2.75, 3.05) is 19.6 Å². The van der Waals surface area contributed by atoms with Crippen molar-refractivity contribution in [1.29, 1.82) is 0 Å². The van der Waals surface area contributed by atoms with Gasteiger partial charge in [-0.3, -0.25) is 15.0 Å². The first kappa shape index (κ1) is 31.0. The molecule has 5 N–H and O–H groups in total. The molecule has 4 unspecified atom stereocenters. The molecule has 1 aromatic carbocycles. The first-order chi connectivity index (χ1) is 19.5. The molecule has 2 fully saturated rings. The Kier molecular flexibility index (Phi) is 9.77. The van der Waals surface area contributed by atoms with Crippen molar-refractivity contribution in [1.82, 2.24) is 26.4 Å². The van der Waals surface area contributed by atoms with Gasteiger partial charge >= 0.3 is 12.1 Å². The smallest absolute Gasteiger partial charge is 0.416 e. The number of carboxylic acid groups (broad SMARTS) is 1. The van der Waals surface area contributed by atoms with Gasteiger partial charge in [-0.15, -0.1) is 0 Å². The summed E-state index contributed by atoms with van der Waals surface area (Å²) in [6.45, 7) is 3.59. The zero-order valence-corrected chi connectivity index (χ0v) is 23.3. The minimum Gasteiger partial charge on any atom is -0.481 e. The van der Waals surface area contributed by atoms with Crippen LogP contribution < -0.4 is 21.4 Å². The van der Waals surface area contributed by atoms with Crippen molar-refractivity contribution in [3.63, 3.8) is 0 Å². The van der Waals surface area contributed by atoms with E-state index in [0.717, 1.165) is 31.5 Å². The van der Waals surface area contributed by atoms with Crippen molar-refractivity contribution in [2.45, 2.75) is 68.2 Å². The number of rotatable bonds is 13. The highest BCUT2D eigenvalue weighted by Gasteiger charge is 2.59. The molecule has 4 rings (SSSR count). The molecule has 1 saturated carbocycles. The average Bonchev–Trinajstić information content (AvgIpc) is 3.56. The van der Waals surface area contributed by atoms with Gasteiger partial charge in [-0.1, -0.05) is 23.9 Å². The maximum absolute atomic E-state index is 12.9. The van der Waals surface area contributed by atoms with E-state index in [4.69, 9.17) is 5.11 Å². The number of aldehydes is 2. The van der Waals surface area contributed by atoms with Crippen LogP contribution in [0.15, 0.2) is 34.9 Å². The Bertz CT molecular complexity index is 1180. The lowest BCUT2D eigenvalue weighted by Gasteiger charge is -2.35. The Labute approximate surface area is 239 Å².